The highest BCUT2D eigenvalue weighted by Crippen LogP contribution is 2.52. The predicted molar refractivity (Wildman–Crippen MR) is 368 cm³/mol. The van der Waals surface area contributed by atoms with E-state index in [2.05, 4.69) is 136 Å². The molecule has 8 aliphatic heterocycles. The lowest BCUT2D eigenvalue weighted by atomic mass is 9.68. The van der Waals surface area contributed by atoms with E-state index in [0.717, 1.165) is 35.1 Å². The number of Topliss-reactive ketones (excluding diaryl/α,β-unsaturated/α-hetero) is 1. The first kappa shape index (κ1) is 72.9. The zero-order chi connectivity index (χ0) is 65.9. The number of fused-ring (bicyclic) bond motifs is 4. The predicted octanol–water partition coefficient (Wildman–Crippen LogP) is 14.7. The molecule has 6 saturated heterocycles. The molecule has 3 N–H and O–H groups in total. The molecule has 2 aliphatic carbocycles. The summed E-state index contributed by atoms with van der Waals surface area (Å²) in [6.45, 7) is 33.7. The summed E-state index contributed by atoms with van der Waals surface area (Å²) in [5.74, 6) is -4.19. The minimum absolute atomic E-state index is 0.0369. The second-order valence-corrected chi connectivity index (χ2v) is 29.3. The topological polar surface area (TPSA) is 186 Å². The van der Waals surface area contributed by atoms with Crippen LogP contribution in [-0.2, 0) is 52.3 Å². The zero-order valence-corrected chi connectivity index (χ0v) is 60.8. The summed E-state index contributed by atoms with van der Waals surface area (Å²) < 4.78 is 52.0. The molecule has 16 heteroatoms. The first-order chi connectivity index (χ1) is 42.4. The van der Waals surface area contributed by atoms with Crippen molar-refractivity contribution in [3.8, 4) is 0 Å². The normalized spacial score (nSPS) is 45.0. The standard InChI is InChI=1S/C37H54O7.C37H52O7.I2/c2*1-21(2)14-25(6)33-27(8)32(38)19-36(44-33)18-30-17-29(43-36)13-12-23(4)15-22(3)10-9-11-28-20-41-34-26(7)24(5)16-31(35(39)42-30)37(28,34)40;1-2/h9-12,14,16,21-22,26-27,29-34,38,40H,13,15,17-20H2,1-8H3;9-12,14,16,21-22,26-27,29-31,33-34,40H,13,15,17-20H2,1-8H3;/b2*10-9+,23-12+,25-14+,28-11+;/t22-,26+,27-,29+,30-,31-,32-,33+,34+,36?,37+;22-,26+,27-,29+,30-,31-,33+,34+,36?,37+;/m00./s1. The molecule has 4 bridgehead atoms. The van der Waals surface area contributed by atoms with Crippen LogP contribution in [0.25, 0.3) is 0 Å². The van der Waals surface area contributed by atoms with E-state index < -0.39 is 83.2 Å². The third-order valence-electron chi connectivity index (χ3n) is 20.9. The van der Waals surface area contributed by atoms with Crippen molar-refractivity contribution in [1.82, 2.24) is 0 Å². The second kappa shape index (κ2) is 30.5. The molecule has 14 nitrogen and oxygen atoms in total. The van der Waals surface area contributed by atoms with Gasteiger partial charge in [0.2, 0.25) is 0 Å². The van der Waals surface area contributed by atoms with Crippen LogP contribution >= 0.6 is 37.2 Å². The number of hydrogen-bond acceptors (Lipinski definition) is 14. The number of ether oxygens (including phenoxy) is 8. The highest BCUT2D eigenvalue weighted by Gasteiger charge is 2.62. The molecule has 2 unspecified atom stereocenters. The summed E-state index contributed by atoms with van der Waals surface area (Å²) in [4.78, 5) is 41.7. The average Bonchev–Trinajstić information content (AvgIpc) is 1.52. The fourth-order valence-electron chi connectivity index (χ4n) is 16.0. The summed E-state index contributed by atoms with van der Waals surface area (Å²) in [6.07, 6.45) is 25.6. The molecule has 0 aromatic carbocycles. The number of carbonyl (C=O) groups excluding carboxylic acids is 3. The number of aliphatic hydroxyl groups is 3. The van der Waals surface area contributed by atoms with Gasteiger partial charge in [-0.15, -0.1) is 0 Å². The van der Waals surface area contributed by atoms with E-state index in [1.54, 1.807) is 0 Å². The molecule has 500 valence electrons. The smallest absolute Gasteiger partial charge is 0.316 e. The highest BCUT2D eigenvalue weighted by atomic mass is 128. The van der Waals surface area contributed by atoms with Crippen molar-refractivity contribution in [2.45, 2.75) is 253 Å². The van der Waals surface area contributed by atoms with Gasteiger partial charge in [-0.2, -0.15) is 0 Å². The number of halogens is 2. The van der Waals surface area contributed by atoms with Crippen molar-refractivity contribution >= 4 is 55.0 Å². The summed E-state index contributed by atoms with van der Waals surface area (Å²) in [5, 5.41) is 35.9. The van der Waals surface area contributed by atoms with Crippen LogP contribution < -0.4 is 0 Å². The van der Waals surface area contributed by atoms with E-state index in [-0.39, 0.29) is 85.7 Å². The van der Waals surface area contributed by atoms with Crippen LogP contribution in [0.5, 0.6) is 0 Å². The Kier molecular flexibility index (Phi) is 24.7. The molecule has 0 radical (unpaired) electrons. The molecule has 10 aliphatic rings. The van der Waals surface area contributed by atoms with Crippen LogP contribution in [0.1, 0.15) is 175 Å². The van der Waals surface area contributed by atoms with Crippen molar-refractivity contribution in [1.29, 1.82) is 0 Å². The van der Waals surface area contributed by atoms with E-state index in [9.17, 15) is 29.7 Å². The molecule has 0 aromatic heterocycles. The fraction of sp³-hybridized carbons (Fsp3) is 0.689. The fourth-order valence-corrected chi connectivity index (χ4v) is 16.0. The number of aliphatic hydroxyl groups excluding tert-OH is 1. The number of esters is 2. The summed E-state index contributed by atoms with van der Waals surface area (Å²) in [5.41, 5.74) is 4.98. The highest BCUT2D eigenvalue weighted by molar-refractivity contribution is 15.0. The van der Waals surface area contributed by atoms with Crippen LogP contribution in [0.15, 0.2) is 117 Å². The first-order valence-electron chi connectivity index (χ1n) is 33.4. The molecule has 0 saturated carbocycles. The van der Waals surface area contributed by atoms with Gasteiger partial charge in [0.25, 0.3) is 0 Å². The Balaban J connectivity index is 0.000000226. The largest absolute Gasteiger partial charge is 0.462 e. The van der Waals surface area contributed by atoms with E-state index >= 15 is 0 Å². The van der Waals surface area contributed by atoms with Gasteiger partial charge < -0.3 is 53.2 Å². The summed E-state index contributed by atoms with van der Waals surface area (Å²) >= 11 is 4.24. The average molecular weight is 1470 g/mol. The number of hydrogen-bond donors (Lipinski definition) is 3. The molecular weight excluding hydrogens is 1370 g/mol. The van der Waals surface area contributed by atoms with Gasteiger partial charge in [0.1, 0.15) is 41.0 Å². The third-order valence-corrected chi connectivity index (χ3v) is 20.9. The molecule has 21 atom stereocenters. The Morgan fingerprint density at radius 1 is 0.589 bits per heavy atom. The van der Waals surface area contributed by atoms with Crippen LogP contribution in [0.2, 0.25) is 0 Å². The van der Waals surface area contributed by atoms with E-state index in [4.69, 9.17) is 37.9 Å². The second-order valence-electron chi connectivity index (χ2n) is 29.3. The summed E-state index contributed by atoms with van der Waals surface area (Å²) in [7, 11) is 0. The van der Waals surface area contributed by atoms with Crippen molar-refractivity contribution in [3.63, 3.8) is 0 Å². The van der Waals surface area contributed by atoms with Gasteiger partial charge in [-0.3, -0.25) is 14.4 Å². The number of carbonyl (C=O) groups is 3. The van der Waals surface area contributed by atoms with E-state index in [1.807, 2.05) is 84.9 Å². The zero-order valence-electron chi connectivity index (χ0n) is 56.5. The Morgan fingerprint density at radius 2 is 1.01 bits per heavy atom. The Bertz CT molecular complexity index is 2930. The van der Waals surface area contributed by atoms with Gasteiger partial charge in [0, 0.05) is 93.0 Å². The minimum atomic E-state index is -1.50. The SMILES string of the molecule is CC1=C[C@H]2C(=O)O[C@H]3C[C@@H](C/C=C(\C)C[C@@H](C)/C=C/C=C4\CO[C@H]([C@@H]1C)[C@@]42O)OC1(C3)C[C@H](O)[C@H](C)[C@@H](/C(C)=C/C(C)C)O1.CC1=C[C@H]2C(=O)O[C@H]3C[C@@H](C/C=C(\C)C[C@@H](C)/C=C/C=C4\CO[C@H]([C@@H]1C)[C@@]42O)OC1(CC(=O)[C@H](C)[C@@H](/C(C)=C/C(C)C)O1)C3.II. The lowest BCUT2D eigenvalue weighted by molar-refractivity contribution is -0.343. The van der Waals surface area contributed by atoms with Gasteiger partial charge in [0.05, 0.1) is 62.4 Å². The van der Waals surface area contributed by atoms with Crippen molar-refractivity contribution < 1.29 is 67.6 Å². The van der Waals surface area contributed by atoms with Crippen LogP contribution in [0.4, 0.5) is 0 Å². The van der Waals surface area contributed by atoms with Crippen molar-refractivity contribution in [3.05, 3.63) is 117 Å². The molecule has 6 fully saturated rings. The van der Waals surface area contributed by atoms with Gasteiger partial charge in [-0.25, -0.2) is 0 Å². The van der Waals surface area contributed by atoms with Crippen LogP contribution in [-0.4, -0.2) is 124 Å². The molecule has 8 heterocycles. The maximum atomic E-state index is 14.1. The van der Waals surface area contributed by atoms with Gasteiger partial charge in [-0.05, 0) is 113 Å². The number of ketones is 1. The van der Waals surface area contributed by atoms with E-state index in [1.165, 1.54) is 11.1 Å². The first-order valence-corrected chi connectivity index (χ1v) is 39.7. The van der Waals surface area contributed by atoms with Gasteiger partial charge >= 0.3 is 11.9 Å². The Morgan fingerprint density at radius 3 is 1.47 bits per heavy atom. The quantitative estimate of drug-likeness (QED) is 0.137. The van der Waals surface area contributed by atoms with Crippen molar-refractivity contribution in [2.75, 3.05) is 13.2 Å². The molecule has 90 heavy (non-hydrogen) atoms. The van der Waals surface area contributed by atoms with Crippen molar-refractivity contribution in [2.24, 2.45) is 59.2 Å². The third kappa shape index (κ3) is 16.1. The number of rotatable bonds is 4. The van der Waals surface area contributed by atoms with Crippen LogP contribution in [0.3, 0.4) is 0 Å². The Hall–Kier alpha value is -2.89. The number of allylic oxidation sites excluding steroid dienone is 10. The van der Waals surface area contributed by atoms with Crippen LogP contribution in [0, 0.1) is 59.2 Å². The molecular formula is C74H106I2O14. The summed E-state index contributed by atoms with van der Waals surface area (Å²) in [6, 6.07) is 0. The molecule has 2 spiro atoms. The Labute approximate surface area is 561 Å². The minimum Gasteiger partial charge on any atom is -0.462 e. The monoisotopic (exact) mass is 1470 g/mol. The lowest BCUT2D eigenvalue weighted by Gasteiger charge is -2.51. The maximum absolute atomic E-state index is 14.1. The van der Waals surface area contributed by atoms with Gasteiger partial charge in [-0.1, -0.05) is 164 Å². The molecule has 0 aromatic rings. The lowest BCUT2D eigenvalue weighted by Crippen LogP contribution is -2.59. The van der Waals surface area contributed by atoms with E-state index in [0.29, 0.717) is 61.5 Å². The molecule has 0 amide bonds. The molecule has 10 rings (SSSR count). The maximum Gasteiger partial charge on any atom is 0.316 e. The van der Waals surface area contributed by atoms with Gasteiger partial charge in [0.15, 0.2) is 11.6 Å².